The highest BCUT2D eigenvalue weighted by Gasteiger charge is 2.30. The Hall–Kier alpha value is -2.48. The second-order valence-electron chi connectivity index (χ2n) is 7.83. The number of methoxy groups -OCH3 is 1. The number of nitrogens with one attached hydrogen (secondary N) is 1. The van der Waals surface area contributed by atoms with Crippen LogP contribution in [-0.2, 0) is 11.3 Å². The number of carboxylic acid groups (broad SMARTS) is 1. The van der Waals surface area contributed by atoms with E-state index in [1.54, 1.807) is 30.7 Å². The van der Waals surface area contributed by atoms with E-state index in [-0.39, 0.29) is 11.7 Å². The molecule has 0 bridgehead atoms. The molecule has 6 nitrogen and oxygen atoms in total. The SMILES string of the molecule is COC1CNCc2cc(-c3ccn4c(=O)c(C(=O)O)cc(C5CC5)c4c3C)sc21. The van der Waals surface area contributed by atoms with Gasteiger partial charge in [-0.1, -0.05) is 0 Å². The van der Waals surface area contributed by atoms with Crippen LogP contribution in [0.1, 0.15) is 56.8 Å². The molecular weight excluding hydrogens is 388 g/mol. The molecule has 1 saturated carbocycles. The summed E-state index contributed by atoms with van der Waals surface area (Å²) in [6.07, 6.45) is 3.85. The number of hydrogen-bond donors (Lipinski definition) is 2. The summed E-state index contributed by atoms with van der Waals surface area (Å²) in [4.78, 5) is 26.7. The van der Waals surface area contributed by atoms with Gasteiger partial charge in [-0.25, -0.2) is 4.79 Å². The minimum atomic E-state index is -1.17. The zero-order valence-corrected chi connectivity index (χ0v) is 17.1. The molecule has 1 unspecified atom stereocenters. The first-order valence-corrected chi connectivity index (χ1v) is 10.6. The first kappa shape index (κ1) is 18.5. The normalized spacial score (nSPS) is 18.8. The Labute approximate surface area is 171 Å². The van der Waals surface area contributed by atoms with Crippen molar-refractivity contribution in [3.63, 3.8) is 0 Å². The molecule has 7 heteroatoms. The molecule has 0 saturated heterocycles. The molecule has 2 N–H and O–H groups in total. The number of aromatic carboxylic acids is 1. The highest BCUT2D eigenvalue weighted by molar-refractivity contribution is 7.15. The van der Waals surface area contributed by atoms with Gasteiger partial charge in [-0.05, 0) is 66.1 Å². The minimum Gasteiger partial charge on any atom is -0.477 e. The van der Waals surface area contributed by atoms with Crippen LogP contribution in [0.5, 0.6) is 0 Å². The van der Waals surface area contributed by atoms with E-state index in [1.165, 1.54) is 14.8 Å². The lowest BCUT2D eigenvalue weighted by Gasteiger charge is -2.21. The molecule has 1 aliphatic heterocycles. The van der Waals surface area contributed by atoms with Crippen molar-refractivity contribution in [2.45, 2.75) is 38.3 Å². The zero-order valence-electron chi connectivity index (χ0n) is 16.3. The maximum absolute atomic E-state index is 12.8. The Balaban J connectivity index is 1.73. The molecule has 4 heterocycles. The minimum absolute atomic E-state index is 0.0565. The first-order valence-electron chi connectivity index (χ1n) is 9.78. The molecule has 5 rings (SSSR count). The van der Waals surface area contributed by atoms with E-state index in [2.05, 4.69) is 11.4 Å². The van der Waals surface area contributed by atoms with Gasteiger partial charge >= 0.3 is 5.97 Å². The van der Waals surface area contributed by atoms with Crippen LogP contribution >= 0.6 is 11.3 Å². The maximum atomic E-state index is 12.8. The van der Waals surface area contributed by atoms with Crippen molar-refractivity contribution in [3.8, 4) is 10.4 Å². The molecule has 2 aliphatic rings. The molecule has 150 valence electrons. The number of rotatable bonds is 4. The van der Waals surface area contributed by atoms with Gasteiger partial charge in [0.05, 0.1) is 5.52 Å². The smallest absolute Gasteiger partial charge is 0.341 e. The lowest BCUT2D eigenvalue weighted by atomic mass is 9.99. The highest BCUT2D eigenvalue weighted by Crippen LogP contribution is 2.45. The molecular formula is C22H22N2O4S. The number of hydrogen-bond acceptors (Lipinski definition) is 5. The summed E-state index contributed by atoms with van der Waals surface area (Å²) in [7, 11) is 1.73. The van der Waals surface area contributed by atoms with Crippen molar-refractivity contribution >= 4 is 22.8 Å². The van der Waals surface area contributed by atoms with Gasteiger partial charge in [0.2, 0.25) is 0 Å². The highest BCUT2D eigenvalue weighted by atomic mass is 32.1. The summed E-state index contributed by atoms with van der Waals surface area (Å²) in [5.41, 5.74) is 4.56. The molecule has 0 radical (unpaired) electrons. The van der Waals surface area contributed by atoms with Crippen LogP contribution in [-0.4, -0.2) is 29.1 Å². The molecule has 0 aromatic carbocycles. The van der Waals surface area contributed by atoms with Gasteiger partial charge in [0.15, 0.2) is 0 Å². The number of nitrogens with zero attached hydrogens (tertiary/aromatic N) is 1. The van der Waals surface area contributed by atoms with Gasteiger partial charge in [-0.3, -0.25) is 9.20 Å². The number of aryl methyl sites for hydroxylation is 1. The topological polar surface area (TPSA) is 80.0 Å². The molecule has 3 aromatic heterocycles. The fourth-order valence-corrected chi connectivity index (χ4v) is 5.67. The molecule has 1 aliphatic carbocycles. The third kappa shape index (κ3) is 2.92. The van der Waals surface area contributed by atoms with Crippen LogP contribution in [0.4, 0.5) is 0 Å². The Morgan fingerprint density at radius 2 is 2.14 bits per heavy atom. The predicted molar refractivity (Wildman–Crippen MR) is 112 cm³/mol. The van der Waals surface area contributed by atoms with Crippen molar-refractivity contribution in [2.75, 3.05) is 13.7 Å². The fraction of sp³-hybridized carbons (Fsp3) is 0.364. The largest absolute Gasteiger partial charge is 0.477 e. The van der Waals surface area contributed by atoms with Crippen LogP contribution in [0.3, 0.4) is 0 Å². The fourth-order valence-electron chi connectivity index (χ4n) is 4.33. The Morgan fingerprint density at radius 1 is 1.34 bits per heavy atom. The summed E-state index contributed by atoms with van der Waals surface area (Å²) >= 11 is 1.74. The van der Waals surface area contributed by atoms with E-state index in [1.807, 2.05) is 13.0 Å². The maximum Gasteiger partial charge on any atom is 0.341 e. The molecule has 29 heavy (non-hydrogen) atoms. The number of carbonyl (C=O) groups is 1. The average molecular weight is 410 g/mol. The third-order valence-corrected chi connectivity index (χ3v) is 7.29. The van der Waals surface area contributed by atoms with Crippen molar-refractivity contribution < 1.29 is 14.6 Å². The summed E-state index contributed by atoms with van der Waals surface area (Å²) in [6, 6.07) is 5.73. The summed E-state index contributed by atoms with van der Waals surface area (Å²) < 4.78 is 7.14. The number of fused-ring (bicyclic) bond motifs is 2. The lowest BCUT2D eigenvalue weighted by Crippen LogP contribution is -2.27. The van der Waals surface area contributed by atoms with E-state index < -0.39 is 11.5 Å². The van der Waals surface area contributed by atoms with Gasteiger partial charge < -0.3 is 15.2 Å². The number of carboxylic acids is 1. The van der Waals surface area contributed by atoms with Gasteiger partial charge in [0, 0.05) is 36.2 Å². The number of pyridine rings is 2. The third-order valence-electron chi connectivity index (χ3n) is 5.99. The average Bonchev–Trinajstić information content (AvgIpc) is 3.46. The Kier molecular flexibility index (Phi) is 4.34. The number of aromatic nitrogens is 1. The molecule has 3 aromatic rings. The van der Waals surface area contributed by atoms with Crippen molar-refractivity contribution in [1.29, 1.82) is 0 Å². The van der Waals surface area contributed by atoms with Crippen molar-refractivity contribution in [2.24, 2.45) is 0 Å². The van der Waals surface area contributed by atoms with E-state index in [9.17, 15) is 14.7 Å². The van der Waals surface area contributed by atoms with E-state index in [4.69, 9.17) is 4.74 Å². The molecule has 0 amide bonds. The second kappa shape index (κ2) is 6.79. The van der Waals surface area contributed by atoms with Crippen LogP contribution < -0.4 is 10.9 Å². The van der Waals surface area contributed by atoms with Crippen molar-refractivity contribution in [3.05, 3.63) is 61.9 Å². The molecule has 1 fully saturated rings. The van der Waals surface area contributed by atoms with Crippen LogP contribution in [0, 0.1) is 6.92 Å². The van der Waals surface area contributed by atoms with Gasteiger partial charge in [0.25, 0.3) is 5.56 Å². The van der Waals surface area contributed by atoms with Gasteiger partial charge in [-0.15, -0.1) is 11.3 Å². The van der Waals surface area contributed by atoms with Crippen LogP contribution in [0.25, 0.3) is 16.0 Å². The van der Waals surface area contributed by atoms with E-state index in [0.29, 0.717) is 5.92 Å². The van der Waals surface area contributed by atoms with Crippen LogP contribution in [0.2, 0.25) is 0 Å². The predicted octanol–water partition coefficient (Wildman–Crippen LogP) is 3.70. The monoisotopic (exact) mass is 410 g/mol. The molecule has 0 spiro atoms. The lowest BCUT2D eigenvalue weighted by molar-refractivity contribution is 0.0694. The number of ether oxygens (including phenoxy) is 1. The summed E-state index contributed by atoms with van der Waals surface area (Å²) in [6.45, 7) is 3.66. The zero-order chi connectivity index (χ0) is 20.3. The first-order chi connectivity index (χ1) is 14.0. The molecule has 1 atom stereocenters. The summed E-state index contributed by atoms with van der Waals surface area (Å²) in [5, 5.41) is 12.9. The van der Waals surface area contributed by atoms with E-state index in [0.717, 1.165) is 53.0 Å². The Morgan fingerprint density at radius 3 is 2.83 bits per heavy atom. The standard InChI is InChI=1S/C22H22N2O4S/c1-11-14(18-7-13-9-23-10-17(28-2)20(13)29-18)5-6-24-19(11)15(12-3-4-12)8-16(21(24)25)22(26)27/h5-8,12,17,23H,3-4,9-10H2,1-2H3,(H,26,27). The van der Waals surface area contributed by atoms with Gasteiger partial charge in [-0.2, -0.15) is 0 Å². The Bertz CT molecular complexity index is 1210. The number of thiophene rings is 1. The second-order valence-corrected chi connectivity index (χ2v) is 8.91. The van der Waals surface area contributed by atoms with Gasteiger partial charge in [0.1, 0.15) is 11.7 Å². The van der Waals surface area contributed by atoms with Crippen molar-refractivity contribution in [1.82, 2.24) is 9.72 Å². The summed E-state index contributed by atoms with van der Waals surface area (Å²) in [5.74, 6) is -0.840. The van der Waals surface area contributed by atoms with Crippen LogP contribution in [0.15, 0.2) is 29.2 Å². The quantitative estimate of drug-likeness (QED) is 0.686. The van der Waals surface area contributed by atoms with E-state index >= 15 is 0 Å².